The SMILES string of the molecule is Cn1c(=O)cc(SCC(=O)NCCCN2CCN(Cc3ccccc3)CC2)c2cc(Cl)ccc21. The highest BCUT2D eigenvalue weighted by molar-refractivity contribution is 8.00. The smallest absolute Gasteiger partial charge is 0.251 e. The minimum Gasteiger partial charge on any atom is -0.355 e. The van der Waals surface area contributed by atoms with Crippen LogP contribution in [0.5, 0.6) is 0 Å². The number of carbonyl (C=O) groups is 1. The van der Waals surface area contributed by atoms with Gasteiger partial charge in [-0.15, -0.1) is 11.8 Å². The number of fused-ring (bicyclic) bond motifs is 1. The molecule has 1 aliphatic rings. The van der Waals surface area contributed by atoms with Crippen LogP contribution in [0.1, 0.15) is 12.0 Å². The Labute approximate surface area is 209 Å². The van der Waals surface area contributed by atoms with Gasteiger partial charge in [-0.25, -0.2) is 0 Å². The van der Waals surface area contributed by atoms with E-state index in [0.717, 1.165) is 61.5 Å². The maximum atomic E-state index is 12.4. The highest BCUT2D eigenvalue weighted by Crippen LogP contribution is 2.28. The van der Waals surface area contributed by atoms with E-state index in [0.29, 0.717) is 11.6 Å². The Hall–Kier alpha value is -2.32. The van der Waals surface area contributed by atoms with Crippen LogP contribution in [-0.4, -0.2) is 65.3 Å². The number of pyridine rings is 1. The summed E-state index contributed by atoms with van der Waals surface area (Å²) < 4.78 is 1.59. The lowest BCUT2D eigenvalue weighted by atomic mass is 10.2. The van der Waals surface area contributed by atoms with Gasteiger partial charge < -0.3 is 14.8 Å². The first-order valence-corrected chi connectivity index (χ1v) is 13.0. The molecule has 0 spiro atoms. The monoisotopic (exact) mass is 498 g/mol. The molecule has 3 aromatic rings. The van der Waals surface area contributed by atoms with Gasteiger partial charge in [-0.3, -0.25) is 14.5 Å². The van der Waals surface area contributed by atoms with E-state index in [1.807, 2.05) is 12.1 Å². The molecule has 34 heavy (non-hydrogen) atoms. The summed E-state index contributed by atoms with van der Waals surface area (Å²) in [5.74, 6) is 0.251. The summed E-state index contributed by atoms with van der Waals surface area (Å²) in [6, 6.07) is 17.6. The Balaban J connectivity index is 1.16. The highest BCUT2D eigenvalue weighted by Gasteiger charge is 2.16. The molecular weight excluding hydrogens is 468 g/mol. The summed E-state index contributed by atoms with van der Waals surface area (Å²) in [5.41, 5.74) is 2.08. The molecule has 0 bridgehead atoms. The predicted octanol–water partition coefficient (Wildman–Crippen LogP) is 3.61. The fraction of sp³-hybridized carbons (Fsp3) is 0.385. The lowest BCUT2D eigenvalue weighted by Gasteiger charge is -2.34. The molecule has 6 nitrogen and oxygen atoms in total. The van der Waals surface area contributed by atoms with E-state index in [9.17, 15) is 9.59 Å². The molecule has 8 heteroatoms. The minimum absolute atomic E-state index is 0.0199. The standard InChI is InChI=1S/C26H31ClN4O2S/c1-29-23-9-8-21(27)16-22(23)24(17-26(29)33)34-19-25(32)28-10-5-11-30-12-14-31(15-13-30)18-20-6-3-2-4-7-20/h2-4,6-9,16-17H,5,10-15,18-19H2,1H3,(H,28,32). The van der Waals surface area contributed by atoms with E-state index in [1.54, 1.807) is 23.7 Å². The van der Waals surface area contributed by atoms with Gasteiger partial charge in [-0.1, -0.05) is 41.9 Å². The van der Waals surface area contributed by atoms with E-state index in [1.165, 1.54) is 17.3 Å². The van der Waals surface area contributed by atoms with E-state index in [4.69, 9.17) is 11.6 Å². The molecule has 180 valence electrons. The molecule has 0 atom stereocenters. The average molecular weight is 499 g/mol. The predicted molar refractivity (Wildman–Crippen MR) is 141 cm³/mol. The maximum absolute atomic E-state index is 12.4. The third kappa shape index (κ3) is 6.63. The van der Waals surface area contributed by atoms with Crippen molar-refractivity contribution in [1.82, 2.24) is 19.7 Å². The summed E-state index contributed by atoms with van der Waals surface area (Å²) in [6.07, 6.45) is 0.930. The number of piperazine rings is 1. The van der Waals surface area contributed by atoms with Crippen molar-refractivity contribution in [2.75, 3.05) is 45.0 Å². The maximum Gasteiger partial charge on any atom is 0.251 e. The molecule has 1 fully saturated rings. The summed E-state index contributed by atoms with van der Waals surface area (Å²) in [7, 11) is 1.74. The van der Waals surface area contributed by atoms with Gasteiger partial charge in [0.05, 0.1) is 11.3 Å². The number of halogens is 1. The third-order valence-electron chi connectivity index (χ3n) is 6.22. The molecule has 2 aromatic carbocycles. The van der Waals surface area contributed by atoms with Gasteiger partial charge in [-0.05, 0) is 36.7 Å². The zero-order chi connectivity index (χ0) is 23.9. The Morgan fingerprint density at radius 1 is 1.03 bits per heavy atom. The molecular formula is C26H31ClN4O2S. The molecule has 1 aliphatic heterocycles. The van der Waals surface area contributed by atoms with Gasteiger partial charge in [-0.2, -0.15) is 0 Å². The van der Waals surface area contributed by atoms with Crippen LogP contribution in [-0.2, 0) is 18.4 Å². The van der Waals surface area contributed by atoms with Crippen molar-refractivity contribution in [1.29, 1.82) is 0 Å². The summed E-state index contributed by atoms with van der Waals surface area (Å²) >= 11 is 7.53. The summed E-state index contributed by atoms with van der Waals surface area (Å²) in [6.45, 7) is 6.94. The van der Waals surface area contributed by atoms with Crippen molar-refractivity contribution < 1.29 is 4.79 Å². The molecule has 1 aromatic heterocycles. The highest BCUT2D eigenvalue weighted by atomic mass is 35.5. The largest absolute Gasteiger partial charge is 0.355 e. The van der Waals surface area contributed by atoms with Crippen LogP contribution in [0.2, 0.25) is 5.02 Å². The Kier molecular flexibility index (Phi) is 8.67. The average Bonchev–Trinajstić information content (AvgIpc) is 2.85. The van der Waals surface area contributed by atoms with Crippen LogP contribution < -0.4 is 10.9 Å². The zero-order valence-corrected chi connectivity index (χ0v) is 21.1. The van der Waals surface area contributed by atoms with E-state index < -0.39 is 0 Å². The first-order chi connectivity index (χ1) is 16.5. The lowest BCUT2D eigenvalue weighted by Crippen LogP contribution is -2.46. The van der Waals surface area contributed by atoms with Crippen LogP contribution in [0, 0.1) is 0 Å². The Bertz CT molecular complexity index is 1180. The normalized spacial score (nSPS) is 15.0. The van der Waals surface area contributed by atoms with Crippen LogP contribution in [0.3, 0.4) is 0 Å². The van der Waals surface area contributed by atoms with E-state index >= 15 is 0 Å². The molecule has 0 radical (unpaired) electrons. The number of rotatable bonds is 9. The van der Waals surface area contributed by atoms with Gasteiger partial charge in [0.2, 0.25) is 5.91 Å². The summed E-state index contributed by atoms with van der Waals surface area (Å²) in [5, 5.41) is 4.51. The number of hydrogen-bond donors (Lipinski definition) is 1. The van der Waals surface area contributed by atoms with E-state index in [-0.39, 0.29) is 17.2 Å². The Morgan fingerprint density at radius 3 is 2.53 bits per heavy atom. The fourth-order valence-electron chi connectivity index (χ4n) is 4.26. The van der Waals surface area contributed by atoms with Crippen molar-refractivity contribution in [3.05, 3.63) is 75.5 Å². The number of carbonyl (C=O) groups excluding carboxylic acids is 1. The fourth-order valence-corrected chi connectivity index (χ4v) is 5.32. The first-order valence-electron chi connectivity index (χ1n) is 11.7. The quantitative estimate of drug-likeness (QED) is 0.361. The van der Waals surface area contributed by atoms with Crippen LogP contribution in [0.15, 0.2) is 64.3 Å². The molecule has 4 rings (SSSR count). The van der Waals surface area contributed by atoms with Gasteiger partial charge in [0.15, 0.2) is 0 Å². The third-order valence-corrected chi connectivity index (χ3v) is 7.51. The molecule has 0 aliphatic carbocycles. The van der Waals surface area contributed by atoms with Crippen molar-refractivity contribution in [2.45, 2.75) is 17.9 Å². The Morgan fingerprint density at radius 2 is 1.76 bits per heavy atom. The zero-order valence-electron chi connectivity index (χ0n) is 19.5. The molecule has 0 unspecified atom stereocenters. The first kappa shape index (κ1) is 24.8. The number of nitrogens with zero attached hydrogens (tertiary/aromatic N) is 3. The molecule has 1 saturated heterocycles. The van der Waals surface area contributed by atoms with E-state index in [2.05, 4.69) is 45.4 Å². The van der Waals surface area contributed by atoms with Crippen molar-refractivity contribution >= 4 is 40.2 Å². The second-order valence-corrected chi connectivity index (χ2v) is 10.1. The van der Waals surface area contributed by atoms with Crippen molar-refractivity contribution in [3.63, 3.8) is 0 Å². The van der Waals surface area contributed by atoms with Crippen LogP contribution >= 0.6 is 23.4 Å². The van der Waals surface area contributed by atoms with Crippen LogP contribution in [0.25, 0.3) is 10.9 Å². The number of benzene rings is 2. The number of nitrogens with one attached hydrogen (secondary N) is 1. The van der Waals surface area contributed by atoms with Crippen LogP contribution in [0.4, 0.5) is 0 Å². The molecule has 1 N–H and O–H groups in total. The van der Waals surface area contributed by atoms with Gasteiger partial charge in [0.1, 0.15) is 0 Å². The number of thioether (sulfide) groups is 1. The minimum atomic E-state index is -0.0957. The number of aryl methyl sites for hydroxylation is 1. The van der Waals surface area contributed by atoms with Crippen molar-refractivity contribution in [3.8, 4) is 0 Å². The second-order valence-electron chi connectivity index (χ2n) is 8.66. The molecule has 1 amide bonds. The van der Waals surface area contributed by atoms with Gasteiger partial charge >= 0.3 is 0 Å². The summed E-state index contributed by atoms with van der Waals surface area (Å²) in [4.78, 5) is 30.4. The molecule has 2 heterocycles. The number of hydrogen-bond acceptors (Lipinski definition) is 5. The number of aromatic nitrogens is 1. The molecule has 0 saturated carbocycles. The topological polar surface area (TPSA) is 57.6 Å². The second kappa shape index (κ2) is 11.9. The lowest BCUT2D eigenvalue weighted by molar-refractivity contribution is -0.118. The van der Waals surface area contributed by atoms with Crippen molar-refractivity contribution in [2.24, 2.45) is 7.05 Å². The van der Waals surface area contributed by atoms with Gasteiger partial charge in [0.25, 0.3) is 5.56 Å². The van der Waals surface area contributed by atoms with Gasteiger partial charge in [0, 0.05) is 67.7 Å². The number of amides is 1.